The minimum absolute atomic E-state index is 0.404. The van der Waals surface area contributed by atoms with E-state index in [9.17, 15) is 0 Å². The summed E-state index contributed by atoms with van der Waals surface area (Å²) in [6.07, 6.45) is 7.00. The average molecular weight is 374 g/mol. The highest BCUT2D eigenvalue weighted by molar-refractivity contribution is 5.65. The number of hydrogen-bond acceptors (Lipinski definition) is 4. The maximum absolute atomic E-state index is 6.08. The molecule has 0 spiro atoms. The molecule has 1 heterocycles. The fourth-order valence-electron chi connectivity index (χ4n) is 3.60. The number of rotatable bonds is 6. The molecule has 0 amide bonds. The summed E-state index contributed by atoms with van der Waals surface area (Å²) < 4.78 is 8.08. The van der Waals surface area contributed by atoms with Crippen LogP contribution in [-0.2, 0) is 6.54 Å². The van der Waals surface area contributed by atoms with Crippen LogP contribution < -0.4 is 16.2 Å². The van der Waals surface area contributed by atoms with Crippen LogP contribution in [0.2, 0.25) is 0 Å². The topological polar surface area (TPSA) is 79.1 Å². The van der Waals surface area contributed by atoms with E-state index in [4.69, 9.17) is 21.2 Å². The van der Waals surface area contributed by atoms with Crippen molar-refractivity contribution in [3.63, 3.8) is 0 Å². The second kappa shape index (κ2) is 7.90. The Labute approximate surface area is 165 Å². The maximum atomic E-state index is 6.08. The van der Waals surface area contributed by atoms with Gasteiger partial charge in [0.25, 0.3) is 0 Å². The first kappa shape index (κ1) is 18.3. The molecular weight excluding hydrogens is 348 g/mol. The summed E-state index contributed by atoms with van der Waals surface area (Å²) in [6, 6.07) is 16.0. The lowest BCUT2D eigenvalue weighted by Gasteiger charge is -2.24. The zero-order valence-electron chi connectivity index (χ0n) is 16.1. The first-order valence-electron chi connectivity index (χ1n) is 9.74. The van der Waals surface area contributed by atoms with Gasteiger partial charge in [-0.3, -0.25) is 0 Å². The molecule has 1 saturated carbocycles. The van der Waals surface area contributed by atoms with E-state index in [0.717, 1.165) is 39.8 Å². The van der Waals surface area contributed by atoms with Gasteiger partial charge in [-0.25, -0.2) is 4.98 Å². The highest BCUT2D eigenvalue weighted by Crippen LogP contribution is 2.39. The number of para-hydroxylation sites is 1. The lowest BCUT2D eigenvalue weighted by molar-refractivity contribution is 0.398. The number of benzene rings is 2. The number of aromatic nitrogens is 2. The third-order valence-electron chi connectivity index (χ3n) is 5.39. The Bertz CT molecular complexity index is 984. The summed E-state index contributed by atoms with van der Waals surface area (Å²) in [6.45, 7) is 2.44. The van der Waals surface area contributed by atoms with E-state index in [-0.39, 0.29) is 0 Å². The zero-order chi connectivity index (χ0) is 19.5. The smallest absolute Gasteiger partial charge is 0.130 e. The minimum atomic E-state index is 0.404. The van der Waals surface area contributed by atoms with E-state index in [1.165, 1.54) is 19.3 Å². The summed E-state index contributed by atoms with van der Waals surface area (Å²) in [5, 5.41) is 0. The molecule has 4 rings (SSSR count). The summed E-state index contributed by atoms with van der Waals surface area (Å²) in [4.78, 5) is 4.95. The third-order valence-corrected chi connectivity index (χ3v) is 5.39. The van der Waals surface area contributed by atoms with E-state index in [1.807, 2.05) is 61.7 Å². The highest BCUT2D eigenvalue weighted by atomic mass is 16.5. The van der Waals surface area contributed by atoms with Crippen molar-refractivity contribution in [1.82, 2.24) is 9.55 Å². The first-order chi connectivity index (χ1) is 13.7. The number of hydrogen-bond donors (Lipinski definition) is 2. The molecule has 0 saturated heterocycles. The van der Waals surface area contributed by atoms with Crippen LogP contribution in [0.15, 0.2) is 54.7 Å². The molecule has 1 aromatic heterocycles. The van der Waals surface area contributed by atoms with Crippen LogP contribution in [0.3, 0.4) is 0 Å². The summed E-state index contributed by atoms with van der Waals surface area (Å²) >= 11 is 0. The SMILES string of the molecule is Cc1ccccc1Oc1ccc(-c2nc(C3CCC3)n(/C=C\N)c2CN)cc1. The van der Waals surface area contributed by atoms with Crippen molar-refractivity contribution in [2.75, 3.05) is 0 Å². The normalized spacial score (nSPS) is 14.4. The standard InChI is InChI=1S/C23H26N4O/c1-16-5-2-3-8-21(16)28-19-11-9-17(10-12-19)22-20(15-25)27(14-13-24)23(26-22)18-6-4-7-18/h2-3,5,8-14,18H,4,6-7,15,24-25H2,1H3/b14-13-. The molecule has 0 radical (unpaired) electrons. The van der Waals surface area contributed by atoms with Crippen molar-refractivity contribution in [2.45, 2.75) is 38.6 Å². The van der Waals surface area contributed by atoms with Crippen molar-refractivity contribution >= 4 is 6.20 Å². The van der Waals surface area contributed by atoms with Crippen LogP contribution in [0.5, 0.6) is 11.5 Å². The molecule has 3 aromatic rings. The molecular formula is C23H26N4O. The molecule has 1 fully saturated rings. The first-order valence-corrected chi connectivity index (χ1v) is 9.74. The quantitative estimate of drug-likeness (QED) is 0.652. The number of ether oxygens (including phenoxy) is 1. The molecule has 0 aliphatic heterocycles. The van der Waals surface area contributed by atoms with E-state index in [2.05, 4.69) is 4.57 Å². The Hall–Kier alpha value is -3.05. The van der Waals surface area contributed by atoms with Gasteiger partial charge in [0.05, 0.1) is 11.4 Å². The van der Waals surface area contributed by atoms with Gasteiger partial charge in [-0.15, -0.1) is 0 Å². The second-order valence-corrected chi connectivity index (χ2v) is 7.20. The molecule has 0 atom stereocenters. The van der Waals surface area contributed by atoms with Gasteiger partial charge < -0.3 is 20.8 Å². The molecule has 4 N–H and O–H groups in total. The van der Waals surface area contributed by atoms with Crippen LogP contribution in [0, 0.1) is 6.92 Å². The fraction of sp³-hybridized carbons (Fsp3) is 0.261. The minimum Gasteiger partial charge on any atom is -0.457 e. The van der Waals surface area contributed by atoms with Crippen molar-refractivity contribution in [3.8, 4) is 22.8 Å². The molecule has 1 aliphatic rings. The molecule has 0 unspecified atom stereocenters. The molecule has 144 valence electrons. The molecule has 1 aliphatic carbocycles. The van der Waals surface area contributed by atoms with Gasteiger partial charge in [0, 0.05) is 30.4 Å². The summed E-state index contributed by atoms with van der Waals surface area (Å²) in [5.41, 5.74) is 15.8. The number of nitrogens with zero attached hydrogens (tertiary/aromatic N) is 2. The molecule has 2 aromatic carbocycles. The third kappa shape index (κ3) is 3.41. The van der Waals surface area contributed by atoms with Gasteiger partial charge in [0.1, 0.15) is 17.3 Å². The van der Waals surface area contributed by atoms with Crippen LogP contribution in [0.4, 0.5) is 0 Å². The fourth-order valence-corrected chi connectivity index (χ4v) is 3.60. The second-order valence-electron chi connectivity index (χ2n) is 7.20. The molecule has 5 heteroatoms. The van der Waals surface area contributed by atoms with Crippen molar-refractivity contribution in [3.05, 3.63) is 71.8 Å². The lowest BCUT2D eigenvalue weighted by atomic mass is 9.85. The molecule has 0 bridgehead atoms. The number of imidazole rings is 1. The summed E-state index contributed by atoms with van der Waals surface area (Å²) in [5.74, 6) is 3.21. The van der Waals surface area contributed by atoms with E-state index >= 15 is 0 Å². The van der Waals surface area contributed by atoms with E-state index in [1.54, 1.807) is 6.20 Å². The van der Waals surface area contributed by atoms with Crippen molar-refractivity contribution in [2.24, 2.45) is 11.5 Å². The van der Waals surface area contributed by atoms with Crippen molar-refractivity contribution < 1.29 is 4.74 Å². The number of aryl methyl sites for hydroxylation is 1. The number of nitrogens with two attached hydrogens (primary N) is 2. The Balaban J connectivity index is 1.66. The van der Waals surface area contributed by atoms with Crippen LogP contribution >= 0.6 is 0 Å². The van der Waals surface area contributed by atoms with Gasteiger partial charge >= 0.3 is 0 Å². The zero-order valence-corrected chi connectivity index (χ0v) is 16.1. The largest absolute Gasteiger partial charge is 0.457 e. The Morgan fingerprint density at radius 2 is 1.89 bits per heavy atom. The Kier molecular flexibility index (Phi) is 5.17. The van der Waals surface area contributed by atoms with Gasteiger partial charge in [-0.05, 0) is 55.7 Å². The van der Waals surface area contributed by atoms with Gasteiger partial charge in [0.15, 0.2) is 0 Å². The van der Waals surface area contributed by atoms with Gasteiger partial charge in [-0.2, -0.15) is 0 Å². The molecule has 5 nitrogen and oxygen atoms in total. The van der Waals surface area contributed by atoms with Crippen LogP contribution in [-0.4, -0.2) is 9.55 Å². The van der Waals surface area contributed by atoms with Crippen LogP contribution in [0.1, 0.15) is 42.3 Å². The van der Waals surface area contributed by atoms with Crippen molar-refractivity contribution in [1.29, 1.82) is 0 Å². The monoisotopic (exact) mass is 374 g/mol. The Morgan fingerprint density at radius 3 is 2.50 bits per heavy atom. The molecule has 28 heavy (non-hydrogen) atoms. The van der Waals surface area contributed by atoms with Gasteiger partial charge in [-0.1, -0.05) is 24.6 Å². The Morgan fingerprint density at radius 1 is 1.14 bits per heavy atom. The predicted octanol–water partition coefficient (Wildman–Crippen LogP) is 4.76. The maximum Gasteiger partial charge on any atom is 0.130 e. The van der Waals surface area contributed by atoms with E-state index < -0.39 is 0 Å². The lowest BCUT2D eigenvalue weighted by Crippen LogP contribution is -2.15. The highest BCUT2D eigenvalue weighted by Gasteiger charge is 2.27. The summed E-state index contributed by atoms with van der Waals surface area (Å²) in [7, 11) is 0. The predicted molar refractivity (Wildman–Crippen MR) is 113 cm³/mol. The van der Waals surface area contributed by atoms with E-state index in [0.29, 0.717) is 12.5 Å². The average Bonchev–Trinajstić information content (AvgIpc) is 3.01. The van der Waals surface area contributed by atoms with Gasteiger partial charge in [0.2, 0.25) is 0 Å². The van der Waals surface area contributed by atoms with Crippen LogP contribution in [0.25, 0.3) is 17.5 Å².